The molecule has 150 valence electrons. The van der Waals surface area contributed by atoms with E-state index in [9.17, 15) is 4.79 Å². The predicted molar refractivity (Wildman–Crippen MR) is 109 cm³/mol. The summed E-state index contributed by atoms with van der Waals surface area (Å²) in [5.41, 5.74) is 1.85. The molecule has 1 aromatic heterocycles. The van der Waals surface area contributed by atoms with Crippen molar-refractivity contribution < 1.29 is 9.53 Å². The second-order valence-corrected chi connectivity index (χ2v) is 6.91. The molecule has 3 rings (SSSR count). The third-order valence-corrected chi connectivity index (χ3v) is 4.73. The van der Waals surface area contributed by atoms with E-state index in [1.807, 2.05) is 24.3 Å². The SMILES string of the molecule is CN=C(NCc1cccc(NC(=O)Cn2cccn2)c1)N1CCC(COC)C1. The first kappa shape index (κ1) is 19.9. The monoisotopic (exact) mass is 384 g/mol. The molecule has 28 heavy (non-hydrogen) atoms. The summed E-state index contributed by atoms with van der Waals surface area (Å²) in [4.78, 5) is 18.8. The summed E-state index contributed by atoms with van der Waals surface area (Å²) in [6, 6.07) is 9.62. The lowest BCUT2D eigenvalue weighted by atomic mass is 10.1. The van der Waals surface area contributed by atoms with Gasteiger partial charge in [-0.1, -0.05) is 12.1 Å². The van der Waals surface area contributed by atoms with Gasteiger partial charge in [-0.3, -0.25) is 14.5 Å². The fourth-order valence-corrected chi connectivity index (χ4v) is 3.41. The van der Waals surface area contributed by atoms with E-state index < -0.39 is 0 Å². The molecule has 1 aliphatic rings. The second-order valence-electron chi connectivity index (χ2n) is 6.91. The topological polar surface area (TPSA) is 83.8 Å². The Bertz CT molecular complexity index is 790. The van der Waals surface area contributed by atoms with Gasteiger partial charge in [0.2, 0.25) is 5.91 Å². The Kier molecular flexibility index (Phi) is 7.02. The summed E-state index contributed by atoms with van der Waals surface area (Å²) in [6.45, 7) is 3.56. The van der Waals surface area contributed by atoms with Gasteiger partial charge in [0.15, 0.2) is 5.96 Å². The summed E-state index contributed by atoms with van der Waals surface area (Å²) in [5.74, 6) is 1.34. The first-order valence-electron chi connectivity index (χ1n) is 9.48. The van der Waals surface area contributed by atoms with Crippen molar-refractivity contribution in [1.29, 1.82) is 0 Å². The fraction of sp³-hybridized carbons (Fsp3) is 0.450. The molecule has 0 saturated carbocycles. The van der Waals surface area contributed by atoms with Crippen LogP contribution in [0.15, 0.2) is 47.7 Å². The number of hydrogen-bond acceptors (Lipinski definition) is 4. The Morgan fingerprint density at radius 2 is 2.29 bits per heavy atom. The maximum atomic E-state index is 12.1. The van der Waals surface area contributed by atoms with Gasteiger partial charge in [0.05, 0.1) is 6.61 Å². The molecule has 1 fully saturated rings. The van der Waals surface area contributed by atoms with Gasteiger partial charge in [-0.25, -0.2) is 0 Å². The number of guanidine groups is 1. The first-order valence-corrected chi connectivity index (χ1v) is 9.48. The summed E-state index contributed by atoms with van der Waals surface area (Å²) < 4.78 is 6.86. The smallest absolute Gasteiger partial charge is 0.246 e. The zero-order chi connectivity index (χ0) is 19.8. The van der Waals surface area contributed by atoms with Gasteiger partial charge in [-0.2, -0.15) is 5.10 Å². The molecule has 0 bridgehead atoms. The van der Waals surface area contributed by atoms with Crippen LogP contribution in [0.5, 0.6) is 0 Å². The molecular formula is C20H28N6O2. The number of nitrogens with one attached hydrogen (secondary N) is 2. The molecule has 8 heteroatoms. The van der Waals surface area contributed by atoms with Crippen molar-refractivity contribution >= 4 is 17.6 Å². The normalized spacial score (nSPS) is 17.0. The van der Waals surface area contributed by atoms with Gasteiger partial charge in [-0.05, 0) is 30.2 Å². The highest BCUT2D eigenvalue weighted by molar-refractivity contribution is 5.90. The number of benzene rings is 1. The first-order chi connectivity index (χ1) is 13.7. The molecule has 2 aromatic rings. The van der Waals surface area contributed by atoms with Crippen molar-refractivity contribution in [2.45, 2.75) is 19.5 Å². The molecule has 2 N–H and O–H groups in total. The average Bonchev–Trinajstić information content (AvgIpc) is 3.35. The van der Waals surface area contributed by atoms with Gasteiger partial charge >= 0.3 is 0 Å². The van der Waals surface area contributed by atoms with Gasteiger partial charge in [-0.15, -0.1) is 0 Å². The third kappa shape index (κ3) is 5.56. The van der Waals surface area contributed by atoms with E-state index in [-0.39, 0.29) is 12.5 Å². The van der Waals surface area contributed by atoms with Crippen LogP contribution in [0.4, 0.5) is 5.69 Å². The Morgan fingerprint density at radius 1 is 1.39 bits per heavy atom. The lowest BCUT2D eigenvalue weighted by molar-refractivity contribution is -0.116. The number of likely N-dealkylation sites (tertiary alicyclic amines) is 1. The predicted octanol–water partition coefficient (Wildman–Crippen LogP) is 1.57. The van der Waals surface area contributed by atoms with Crippen LogP contribution in [0, 0.1) is 5.92 Å². The standard InChI is InChI=1S/C20H28N6O2/c1-21-20(25-10-7-17(13-25)15-28-2)22-12-16-5-3-6-18(11-16)24-19(27)14-26-9-4-8-23-26/h3-6,8-9,11,17H,7,10,12-15H2,1-2H3,(H,21,22)(H,24,27). The zero-order valence-corrected chi connectivity index (χ0v) is 16.5. The van der Waals surface area contributed by atoms with Crippen molar-refractivity contribution in [2.24, 2.45) is 10.9 Å². The van der Waals surface area contributed by atoms with Crippen LogP contribution >= 0.6 is 0 Å². The molecule has 2 heterocycles. The number of carbonyl (C=O) groups excluding carboxylic acids is 1. The van der Waals surface area contributed by atoms with Gasteiger partial charge in [0.25, 0.3) is 0 Å². The lowest BCUT2D eigenvalue weighted by Crippen LogP contribution is -2.39. The number of amides is 1. The number of anilines is 1. The molecule has 8 nitrogen and oxygen atoms in total. The minimum atomic E-state index is -0.106. The Labute approximate surface area is 165 Å². The molecule has 1 atom stereocenters. The number of ether oxygens (including phenoxy) is 1. The van der Waals surface area contributed by atoms with Crippen LogP contribution < -0.4 is 10.6 Å². The molecule has 1 amide bonds. The van der Waals surface area contributed by atoms with E-state index in [4.69, 9.17) is 4.74 Å². The molecule has 1 saturated heterocycles. The van der Waals surface area contributed by atoms with Crippen molar-refractivity contribution in [1.82, 2.24) is 20.0 Å². The number of hydrogen-bond donors (Lipinski definition) is 2. The molecule has 0 aliphatic carbocycles. The van der Waals surface area contributed by atoms with Gasteiger partial charge in [0.1, 0.15) is 6.54 Å². The highest BCUT2D eigenvalue weighted by atomic mass is 16.5. The van der Waals surface area contributed by atoms with Crippen LogP contribution in [0.25, 0.3) is 0 Å². The molecule has 0 spiro atoms. The number of aromatic nitrogens is 2. The Hall–Kier alpha value is -2.87. The molecule has 1 aromatic carbocycles. The molecule has 1 unspecified atom stereocenters. The van der Waals surface area contributed by atoms with Crippen molar-refractivity contribution in [3.05, 3.63) is 48.3 Å². The highest BCUT2D eigenvalue weighted by Gasteiger charge is 2.24. The van der Waals surface area contributed by atoms with Crippen LogP contribution in [0.3, 0.4) is 0 Å². The highest BCUT2D eigenvalue weighted by Crippen LogP contribution is 2.17. The van der Waals surface area contributed by atoms with Crippen molar-refractivity contribution in [2.75, 3.05) is 39.2 Å². The molecular weight excluding hydrogens is 356 g/mol. The van der Waals surface area contributed by atoms with E-state index in [0.717, 1.165) is 43.3 Å². The second kappa shape index (κ2) is 9.89. The minimum absolute atomic E-state index is 0.106. The number of nitrogens with zero attached hydrogens (tertiary/aromatic N) is 4. The van der Waals surface area contributed by atoms with Crippen molar-refractivity contribution in [3.8, 4) is 0 Å². The number of methoxy groups -OCH3 is 1. The van der Waals surface area contributed by atoms with Crippen LogP contribution in [0.2, 0.25) is 0 Å². The largest absolute Gasteiger partial charge is 0.384 e. The maximum absolute atomic E-state index is 12.1. The number of rotatable bonds is 7. The van der Waals surface area contributed by atoms with E-state index in [2.05, 4.69) is 25.6 Å². The average molecular weight is 384 g/mol. The Morgan fingerprint density at radius 3 is 3.04 bits per heavy atom. The zero-order valence-electron chi connectivity index (χ0n) is 16.5. The summed E-state index contributed by atoms with van der Waals surface area (Å²) in [5, 5.41) is 10.4. The lowest BCUT2D eigenvalue weighted by Gasteiger charge is -2.22. The fourth-order valence-electron chi connectivity index (χ4n) is 3.41. The molecule has 1 aliphatic heterocycles. The minimum Gasteiger partial charge on any atom is -0.384 e. The van der Waals surface area contributed by atoms with E-state index in [0.29, 0.717) is 12.5 Å². The van der Waals surface area contributed by atoms with E-state index in [1.165, 1.54) is 0 Å². The van der Waals surface area contributed by atoms with Crippen LogP contribution in [-0.4, -0.2) is 60.4 Å². The van der Waals surface area contributed by atoms with E-state index in [1.54, 1.807) is 37.3 Å². The summed E-state index contributed by atoms with van der Waals surface area (Å²) in [6.07, 6.45) is 4.54. The van der Waals surface area contributed by atoms with Crippen molar-refractivity contribution in [3.63, 3.8) is 0 Å². The Balaban J connectivity index is 1.51. The van der Waals surface area contributed by atoms with E-state index >= 15 is 0 Å². The van der Waals surface area contributed by atoms with Gasteiger partial charge < -0.3 is 20.3 Å². The quantitative estimate of drug-likeness (QED) is 0.559. The molecule has 0 radical (unpaired) electrons. The van der Waals surface area contributed by atoms with Crippen LogP contribution in [0.1, 0.15) is 12.0 Å². The number of aliphatic imine (C=N–C) groups is 1. The summed E-state index contributed by atoms with van der Waals surface area (Å²) in [7, 11) is 3.55. The maximum Gasteiger partial charge on any atom is 0.246 e. The number of carbonyl (C=O) groups is 1. The van der Waals surface area contributed by atoms with Gasteiger partial charge in [0, 0.05) is 57.8 Å². The third-order valence-electron chi connectivity index (χ3n) is 4.73. The van der Waals surface area contributed by atoms with Crippen LogP contribution in [-0.2, 0) is 22.6 Å². The summed E-state index contributed by atoms with van der Waals surface area (Å²) >= 11 is 0.